The van der Waals surface area contributed by atoms with Crippen molar-refractivity contribution in [2.45, 2.75) is 40.2 Å². The maximum Gasteiger partial charge on any atom is 0.227 e. The van der Waals surface area contributed by atoms with Crippen molar-refractivity contribution in [1.82, 2.24) is 10.3 Å². The Morgan fingerprint density at radius 2 is 2.14 bits per heavy atom. The van der Waals surface area contributed by atoms with Gasteiger partial charge >= 0.3 is 0 Å². The van der Waals surface area contributed by atoms with E-state index in [1.54, 1.807) is 11.3 Å². The molecule has 0 saturated carbocycles. The van der Waals surface area contributed by atoms with Crippen LogP contribution in [0, 0.1) is 13.8 Å². The minimum Gasteiger partial charge on any atom is -0.354 e. The first-order valence-electron chi connectivity index (χ1n) is 4.71. The summed E-state index contributed by atoms with van der Waals surface area (Å²) in [5.74, 6) is 0.0498. The number of nitrogens with zero attached hydrogens (tertiary/aromatic N) is 1. The van der Waals surface area contributed by atoms with Crippen LogP contribution < -0.4 is 5.32 Å². The molecule has 14 heavy (non-hydrogen) atoms. The number of thiazole rings is 1. The third-order valence-electron chi connectivity index (χ3n) is 1.83. The first kappa shape index (κ1) is 11.2. The van der Waals surface area contributed by atoms with Crippen molar-refractivity contribution >= 4 is 17.2 Å². The zero-order valence-electron chi connectivity index (χ0n) is 9.05. The predicted octanol–water partition coefficient (Wildman–Crippen LogP) is 1.83. The van der Waals surface area contributed by atoms with E-state index in [9.17, 15) is 4.79 Å². The average Bonchev–Trinajstić information content (AvgIpc) is 2.28. The van der Waals surface area contributed by atoms with E-state index in [1.807, 2.05) is 27.7 Å². The summed E-state index contributed by atoms with van der Waals surface area (Å²) in [6.45, 7) is 7.90. The molecule has 1 amide bonds. The van der Waals surface area contributed by atoms with Crippen molar-refractivity contribution in [1.29, 1.82) is 0 Å². The first-order valence-corrected chi connectivity index (χ1v) is 5.53. The number of amides is 1. The van der Waals surface area contributed by atoms with Gasteiger partial charge in [0.1, 0.15) is 5.01 Å². The van der Waals surface area contributed by atoms with E-state index in [2.05, 4.69) is 10.3 Å². The monoisotopic (exact) mass is 212 g/mol. The van der Waals surface area contributed by atoms with Gasteiger partial charge in [0.25, 0.3) is 0 Å². The highest BCUT2D eigenvalue weighted by Crippen LogP contribution is 2.16. The van der Waals surface area contributed by atoms with Crippen LogP contribution in [0.2, 0.25) is 0 Å². The van der Waals surface area contributed by atoms with Crippen LogP contribution in [-0.2, 0) is 11.2 Å². The van der Waals surface area contributed by atoms with E-state index < -0.39 is 0 Å². The average molecular weight is 212 g/mol. The molecular weight excluding hydrogens is 196 g/mol. The molecule has 0 bridgehead atoms. The zero-order valence-corrected chi connectivity index (χ0v) is 9.86. The molecule has 1 aromatic heterocycles. The molecule has 1 heterocycles. The number of aryl methyl sites for hydroxylation is 2. The number of hydrogen-bond donors (Lipinski definition) is 1. The summed E-state index contributed by atoms with van der Waals surface area (Å²) in [6.07, 6.45) is 0.400. The molecular formula is C10H16N2OS. The molecule has 0 spiro atoms. The van der Waals surface area contributed by atoms with E-state index in [1.165, 1.54) is 4.88 Å². The Labute approximate surface area is 88.6 Å². The van der Waals surface area contributed by atoms with Gasteiger partial charge in [0, 0.05) is 10.9 Å². The zero-order chi connectivity index (χ0) is 10.7. The molecule has 0 saturated heterocycles. The molecule has 1 aromatic rings. The van der Waals surface area contributed by atoms with Gasteiger partial charge in [-0.15, -0.1) is 11.3 Å². The lowest BCUT2D eigenvalue weighted by Gasteiger charge is -2.06. The summed E-state index contributed by atoms with van der Waals surface area (Å²) in [7, 11) is 0. The third-order valence-corrected chi connectivity index (χ3v) is 2.91. The van der Waals surface area contributed by atoms with E-state index in [4.69, 9.17) is 0 Å². The Hall–Kier alpha value is -0.900. The van der Waals surface area contributed by atoms with Crippen molar-refractivity contribution < 1.29 is 4.79 Å². The Bertz CT molecular complexity index is 311. The molecule has 0 aromatic carbocycles. The van der Waals surface area contributed by atoms with Crippen molar-refractivity contribution in [3.8, 4) is 0 Å². The topological polar surface area (TPSA) is 42.0 Å². The number of nitrogens with one attached hydrogen (secondary N) is 1. The fraction of sp³-hybridized carbons (Fsp3) is 0.600. The molecule has 78 valence electrons. The van der Waals surface area contributed by atoms with Crippen LogP contribution in [0.1, 0.15) is 29.4 Å². The molecule has 3 nitrogen and oxygen atoms in total. The maximum atomic E-state index is 11.4. The lowest BCUT2D eigenvalue weighted by atomic mass is 10.3. The maximum absolute atomic E-state index is 11.4. The highest BCUT2D eigenvalue weighted by molar-refractivity contribution is 7.11. The fourth-order valence-corrected chi connectivity index (χ4v) is 2.06. The van der Waals surface area contributed by atoms with Crippen LogP contribution >= 0.6 is 11.3 Å². The lowest BCUT2D eigenvalue weighted by Crippen LogP contribution is -2.31. The fourth-order valence-electron chi connectivity index (χ4n) is 1.13. The summed E-state index contributed by atoms with van der Waals surface area (Å²) < 4.78 is 0. The Morgan fingerprint density at radius 1 is 1.50 bits per heavy atom. The van der Waals surface area contributed by atoms with Gasteiger partial charge in [0.05, 0.1) is 12.1 Å². The van der Waals surface area contributed by atoms with Crippen molar-refractivity contribution in [2.24, 2.45) is 0 Å². The molecule has 0 radical (unpaired) electrons. The van der Waals surface area contributed by atoms with Gasteiger partial charge in [-0.3, -0.25) is 4.79 Å². The molecule has 0 unspecified atom stereocenters. The van der Waals surface area contributed by atoms with Gasteiger partial charge in [-0.2, -0.15) is 0 Å². The van der Waals surface area contributed by atoms with E-state index in [0.29, 0.717) is 6.42 Å². The summed E-state index contributed by atoms with van der Waals surface area (Å²) in [5, 5.41) is 3.75. The number of rotatable bonds is 3. The smallest absolute Gasteiger partial charge is 0.227 e. The van der Waals surface area contributed by atoms with Gasteiger partial charge in [0.2, 0.25) is 5.91 Å². The number of hydrogen-bond acceptors (Lipinski definition) is 3. The molecule has 0 fully saturated rings. The van der Waals surface area contributed by atoms with Crippen molar-refractivity contribution in [3.63, 3.8) is 0 Å². The molecule has 1 N–H and O–H groups in total. The van der Waals surface area contributed by atoms with Crippen molar-refractivity contribution in [3.05, 3.63) is 15.6 Å². The molecule has 0 aliphatic carbocycles. The van der Waals surface area contributed by atoms with Crippen LogP contribution in [0.3, 0.4) is 0 Å². The van der Waals surface area contributed by atoms with Gasteiger partial charge in [-0.05, 0) is 27.7 Å². The van der Waals surface area contributed by atoms with Gasteiger partial charge in [-0.1, -0.05) is 0 Å². The highest BCUT2D eigenvalue weighted by atomic mass is 32.1. The Kier molecular flexibility index (Phi) is 3.63. The normalized spacial score (nSPS) is 10.6. The van der Waals surface area contributed by atoms with Crippen LogP contribution in [-0.4, -0.2) is 16.9 Å². The predicted molar refractivity (Wildman–Crippen MR) is 58.6 cm³/mol. The second-order valence-electron chi connectivity index (χ2n) is 3.65. The van der Waals surface area contributed by atoms with Crippen LogP contribution in [0.5, 0.6) is 0 Å². The molecule has 4 heteroatoms. The van der Waals surface area contributed by atoms with E-state index >= 15 is 0 Å². The van der Waals surface area contributed by atoms with E-state index in [-0.39, 0.29) is 11.9 Å². The second kappa shape index (κ2) is 4.55. The molecule has 0 aliphatic rings. The highest BCUT2D eigenvalue weighted by Gasteiger charge is 2.09. The number of aromatic nitrogens is 1. The largest absolute Gasteiger partial charge is 0.354 e. The first-order chi connectivity index (χ1) is 6.49. The van der Waals surface area contributed by atoms with Crippen LogP contribution in [0.4, 0.5) is 0 Å². The third kappa shape index (κ3) is 3.10. The SMILES string of the molecule is Cc1nc(CC(=O)NC(C)C)sc1C. The Morgan fingerprint density at radius 3 is 2.57 bits per heavy atom. The molecule has 1 rings (SSSR count). The molecule has 0 aliphatic heterocycles. The van der Waals surface area contributed by atoms with Crippen LogP contribution in [0.25, 0.3) is 0 Å². The van der Waals surface area contributed by atoms with Gasteiger partial charge < -0.3 is 5.32 Å². The van der Waals surface area contributed by atoms with Gasteiger partial charge in [0.15, 0.2) is 0 Å². The summed E-state index contributed by atoms with van der Waals surface area (Å²) in [4.78, 5) is 16.9. The van der Waals surface area contributed by atoms with Crippen molar-refractivity contribution in [2.75, 3.05) is 0 Å². The quantitative estimate of drug-likeness (QED) is 0.830. The van der Waals surface area contributed by atoms with Gasteiger partial charge in [-0.25, -0.2) is 4.98 Å². The van der Waals surface area contributed by atoms with E-state index in [0.717, 1.165) is 10.7 Å². The van der Waals surface area contributed by atoms with Crippen LogP contribution in [0.15, 0.2) is 0 Å². The number of carbonyl (C=O) groups excluding carboxylic acids is 1. The Balaban J connectivity index is 2.56. The number of carbonyl (C=O) groups is 1. The second-order valence-corrected chi connectivity index (χ2v) is 4.94. The summed E-state index contributed by atoms with van der Waals surface area (Å²) in [5.41, 5.74) is 1.03. The minimum atomic E-state index is 0.0498. The standard InChI is InChI=1S/C10H16N2OS/c1-6(2)11-9(13)5-10-12-7(3)8(4)14-10/h6H,5H2,1-4H3,(H,11,13). The summed E-state index contributed by atoms with van der Waals surface area (Å²) >= 11 is 1.60. The minimum absolute atomic E-state index is 0.0498. The molecule has 0 atom stereocenters. The lowest BCUT2D eigenvalue weighted by molar-refractivity contribution is -0.120. The summed E-state index contributed by atoms with van der Waals surface area (Å²) in [6, 6.07) is 0.199.